The van der Waals surface area contributed by atoms with Crippen LogP contribution in [0.5, 0.6) is 0 Å². The van der Waals surface area contributed by atoms with Crippen LogP contribution in [0.2, 0.25) is 0 Å². The van der Waals surface area contributed by atoms with E-state index in [1.54, 1.807) is 6.20 Å². The molecule has 3 nitrogen and oxygen atoms in total. The van der Waals surface area contributed by atoms with Crippen LogP contribution in [-0.2, 0) is 0 Å². The van der Waals surface area contributed by atoms with Gasteiger partial charge in [-0.15, -0.1) is 0 Å². The molecule has 0 aliphatic heterocycles. The highest BCUT2D eigenvalue weighted by Gasteiger charge is 2.04. The Bertz CT molecular complexity index is 454. The quantitative estimate of drug-likeness (QED) is 0.851. The van der Waals surface area contributed by atoms with Crippen molar-refractivity contribution >= 4 is 5.69 Å². The molecule has 2 rings (SSSR count). The van der Waals surface area contributed by atoms with Crippen LogP contribution in [0.15, 0.2) is 42.9 Å². The molecule has 0 aliphatic rings. The first-order valence-corrected chi connectivity index (χ1v) is 5.35. The summed E-state index contributed by atoms with van der Waals surface area (Å²) >= 11 is 0. The van der Waals surface area contributed by atoms with Crippen molar-refractivity contribution in [1.29, 1.82) is 0 Å². The van der Waals surface area contributed by atoms with Crippen LogP contribution in [0.1, 0.15) is 24.2 Å². The van der Waals surface area contributed by atoms with Gasteiger partial charge in [-0.1, -0.05) is 6.07 Å². The van der Waals surface area contributed by atoms with Gasteiger partial charge in [-0.2, -0.15) is 0 Å². The molecule has 1 unspecified atom stereocenters. The zero-order valence-electron chi connectivity index (χ0n) is 9.51. The van der Waals surface area contributed by atoms with Gasteiger partial charge in [0.1, 0.15) is 0 Å². The smallest absolute Gasteiger partial charge is 0.0500 e. The van der Waals surface area contributed by atoms with Crippen LogP contribution in [0, 0.1) is 6.92 Å². The monoisotopic (exact) mass is 213 g/mol. The Labute approximate surface area is 95.6 Å². The molecule has 2 aromatic heterocycles. The third kappa shape index (κ3) is 2.57. The molecule has 3 heteroatoms. The average Bonchev–Trinajstić information content (AvgIpc) is 2.30. The molecule has 0 bridgehead atoms. The summed E-state index contributed by atoms with van der Waals surface area (Å²) < 4.78 is 0. The summed E-state index contributed by atoms with van der Waals surface area (Å²) in [5.41, 5.74) is 3.28. The van der Waals surface area contributed by atoms with Gasteiger partial charge in [0.15, 0.2) is 0 Å². The number of aryl methyl sites for hydroxylation is 1. The molecule has 0 spiro atoms. The molecule has 0 saturated heterocycles. The van der Waals surface area contributed by atoms with Crippen LogP contribution in [-0.4, -0.2) is 9.97 Å². The second-order valence-electron chi connectivity index (χ2n) is 3.84. The second kappa shape index (κ2) is 4.75. The molecule has 1 N–H and O–H groups in total. The van der Waals surface area contributed by atoms with Crippen LogP contribution >= 0.6 is 0 Å². The average molecular weight is 213 g/mol. The number of nitrogens with zero attached hydrogens (tertiary/aromatic N) is 2. The molecule has 0 fully saturated rings. The molecular formula is C13H15N3. The number of pyridine rings is 2. The highest BCUT2D eigenvalue weighted by atomic mass is 14.9. The van der Waals surface area contributed by atoms with Gasteiger partial charge < -0.3 is 5.32 Å². The van der Waals surface area contributed by atoms with Crippen molar-refractivity contribution in [3.05, 3.63) is 54.1 Å². The van der Waals surface area contributed by atoms with E-state index < -0.39 is 0 Å². The van der Waals surface area contributed by atoms with Gasteiger partial charge in [-0.25, -0.2) is 0 Å². The van der Waals surface area contributed by atoms with Gasteiger partial charge in [-0.05, 0) is 37.6 Å². The fourth-order valence-corrected chi connectivity index (χ4v) is 1.60. The van der Waals surface area contributed by atoms with E-state index in [0.29, 0.717) is 0 Å². The molecule has 0 saturated carbocycles. The van der Waals surface area contributed by atoms with Crippen molar-refractivity contribution in [3.63, 3.8) is 0 Å². The summed E-state index contributed by atoms with van der Waals surface area (Å²) in [4.78, 5) is 8.28. The highest BCUT2D eigenvalue weighted by molar-refractivity contribution is 5.45. The van der Waals surface area contributed by atoms with Crippen molar-refractivity contribution in [2.24, 2.45) is 0 Å². The fraction of sp³-hybridized carbons (Fsp3) is 0.231. The molecule has 0 aliphatic carbocycles. The maximum absolute atomic E-state index is 4.17. The van der Waals surface area contributed by atoms with E-state index in [-0.39, 0.29) is 6.04 Å². The first-order chi connectivity index (χ1) is 7.75. The number of anilines is 1. The number of rotatable bonds is 3. The Morgan fingerprint density at radius 2 is 2.12 bits per heavy atom. The van der Waals surface area contributed by atoms with E-state index in [4.69, 9.17) is 0 Å². The summed E-state index contributed by atoms with van der Waals surface area (Å²) in [6, 6.07) is 8.27. The maximum Gasteiger partial charge on any atom is 0.0500 e. The van der Waals surface area contributed by atoms with E-state index in [1.807, 2.05) is 37.5 Å². The van der Waals surface area contributed by atoms with E-state index in [0.717, 1.165) is 11.4 Å². The van der Waals surface area contributed by atoms with Crippen molar-refractivity contribution in [2.75, 3.05) is 5.32 Å². The Hall–Kier alpha value is -1.90. The Balaban J connectivity index is 2.11. The second-order valence-corrected chi connectivity index (χ2v) is 3.84. The number of nitrogens with one attached hydrogen (secondary N) is 1. The minimum atomic E-state index is 0.246. The van der Waals surface area contributed by atoms with Crippen molar-refractivity contribution in [3.8, 4) is 0 Å². The van der Waals surface area contributed by atoms with Gasteiger partial charge in [0, 0.05) is 30.0 Å². The predicted molar refractivity (Wildman–Crippen MR) is 65.2 cm³/mol. The largest absolute Gasteiger partial charge is 0.378 e. The molecule has 0 radical (unpaired) electrons. The molecule has 82 valence electrons. The van der Waals surface area contributed by atoms with Crippen LogP contribution in [0.3, 0.4) is 0 Å². The van der Waals surface area contributed by atoms with Crippen LogP contribution in [0.4, 0.5) is 5.69 Å². The Morgan fingerprint density at radius 1 is 1.25 bits per heavy atom. The number of hydrogen-bond donors (Lipinski definition) is 1. The summed E-state index contributed by atoms with van der Waals surface area (Å²) in [5, 5.41) is 3.42. The van der Waals surface area contributed by atoms with Gasteiger partial charge in [0.2, 0.25) is 0 Å². The third-order valence-corrected chi connectivity index (χ3v) is 2.46. The van der Waals surface area contributed by atoms with Crippen molar-refractivity contribution < 1.29 is 0 Å². The lowest BCUT2D eigenvalue weighted by molar-refractivity contribution is 0.874. The zero-order chi connectivity index (χ0) is 11.4. The molecule has 16 heavy (non-hydrogen) atoms. The number of hydrogen-bond acceptors (Lipinski definition) is 3. The predicted octanol–water partition coefficient (Wildman–Crippen LogP) is 2.96. The van der Waals surface area contributed by atoms with Gasteiger partial charge in [0.25, 0.3) is 0 Å². The molecular weight excluding hydrogens is 198 g/mol. The lowest BCUT2D eigenvalue weighted by Crippen LogP contribution is -2.06. The molecule has 2 heterocycles. The summed E-state index contributed by atoms with van der Waals surface area (Å²) in [5.74, 6) is 0. The first-order valence-electron chi connectivity index (χ1n) is 5.35. The van der Waals surface area contributed by atoms with E-state index in [2.05, 4.69) is 28.3 Å². The molecule has 0 amide bonds. The number of aromatic nitrogens is 2. The maximum atomic E-state index is 4.17. The van der Waals surface area contributed by atoms with Crippen molar-refractivity contribution in [2.45, 2.75) is 19.9 Å². The molecule has 1 atom stereocenters. The van der Waals surface area contributed by atoms with Crippen LogP contribution in [0.25, 0.3) is 0 Å². The topological polar surface area (TPSA) is 37.8 Å². The third-order valence-electron chi connectivity index (χ3n) is 2.46. The van der Waals surface area contributed by atoms with Crippen LogP contribution < -0.4 is 5.32 Å². The van der Waals surface area contributed by atoms with E-state index in [9.17, 15) is 0 Å². The minimum Gasteiger partial charge on any atom is -0.378 e. The standard InChI is InChI=1S/C13H15N3/c1-10-8-13(5-7-15-10)16-11(2)12-4-3-6-14-9-12/h3-9,11H,1-2H3,(H,15,16). The van der Waals surface area contributed by atoms with Gasteiger partial charge in [0.05, 0.1) is 6.04 Å². The van der Waals surface area contributed by atoms with Gasteiger partial charge >= 0.3 is 0 Å². The fourth-order valence-electron chi connectivity index (χ4n) is 1.60. The van der Waals surface area contributed by atoms with E-state index >= 15 is 0 Å². The SMILES string of the molecule is Cc1cc(NC(C)c2cccnc2)ccn1. The highest BCUT2D eigenvalue weighted by Crippen LogP contribution is 2.17. The lowest BCUT2D eigenvalue weighted by Gasteiger charge is -2.15. The zero-order valence-corrected chi connectivity index (χ0v) is 9.51. The molecule has 2 aromatic rings. The van der Waals surface area contributed by atoms with E-state index in [1.165, 1.54) is 5.56 Å². The first kappa shape index (κ1) is 10.6. The summed E-state index contributed by atoms with van der Waals surface area (Å²) in [7, 11) is 0. The van der Waals surface area contributed by atoms with Gasteiger partial charge in [-0.3, -0.25) is 9.97 Å². The lowest BCUT2D eigenvalue weighted by atomic mass is 10.1. The summed E-state index contributed by atoms with van der Waals surface area (Å²) in [6.45, 7) is 4.10. The minimum absolute atomic E-state index is 0.246. The normalized spacial score (nSPS) is 12.1. The summed E-state index contributed by atoms with van der Waals surface area (Å²) in [6.07, 6.45) is 5.48. The van der Waals surface area contributed by atoms with Crippen molar-refractivity contribution in [1.82, 2.24) is 9.97 Å². The Morgan fingerprint density at radius 3 is 2.81 bits per heavy atom. The Kier molecular flexibility index (Phi) is 3.15. The molecule has 0 aromatic carbocycles.